The van der Waals surface area contributed by atoms with Crippen LogP contribution in [-0.4, -0.2) is 51.4 Å². The number of nitrogens with zero attached hydrogens (tertiary/aromatic N) is 3. The number of hydrogen-bond donors (Lipinski definition) is 3. The maximum Gasteiger partial charge on any atom is 0.226 e. The van der Waals surface area contributed by atoms with Crippen molar-refractivity contribution in [1.29, 1.82) is 0 Å². The third-order valence-electron chi connectivity index (χ3n) is 2.39. The highest BCUT2D eigenvalue weighted by molar-refractivity contribution is 6.28. The molecule has 0 amide bonds. The van der Waals surface area contributed by atoms with E-state index in [1.807, 2.05) is 0 Å². The van der Waals surface area contributed by atoms with Gasteiger partial charge in [-0.25, -0.2) is 4.98 Å². The highest BCUT2D eigenvalue weighted by atomic mass is 35.5. The second-order valence-corrected chi connectivity index (χ2v) is 4.11. The number of H-pyrrole nitrogens is 1. The fraction of sp³-hybridized carbons (Fsp3) is 0.500. The molecular formula is C10H14ClN5O2. The van der Waals surface area contributed by atoms with Crippen LogP contribution in [0.25, 0.3) is 11.2 Å². The van der Waals surface area contributed by atoms with Gasteiger partial charge in [0.15, 0.2) is 11.5 Å². The number of imidazole rings is 1. The van der Waals surface area contributed by atoms with Crippen LogP contribution in [0.4, 0.5) is 5.82 Å². The summed E-state index contributed by atoms with van der Waals surface area (Å²) in [7, 11) is 1.55. The summed E-state index contributed by atoms with van der Waals surface area (Å²) in [6.07, 6.45) is 1.57. The van der Waals surface area contributed by atoms with E-state index in [0.717, 1.165) is 0 Å². The molecule has 98 valence electrons. The van der Waals surface area contributed by atoms with Crippen molar-refractivity contribution in [2.24, 2.45) is 0 Å². The molecule has 2 aromatic rings. The number of aliphatic hydroxyl groups is 1. The molecule has 2 rings (SSSR count). The van der Waals surface area contributed by atoms with Gasteiger partial charge in [0.05, 0.1) is 19.0 Å². The predicted molar refractivity (Wildman–Crippen MR) is 67.7 cm³/mol. The summed E-state index contributed by atoms with van der Waals surface area (Å²) < 4.78 is 4.84. The Morgan fingerprint density at radius 3 is 3.17 bits per heavy atom. The zero-order valence-electron chi connectivity index (χ0n) is 9.85. The highest BCUT2D eigenvalue weighted by Crippen LogP contribution is 2.18. The normalized spacial score (nSPS) is 12.8. The first-order chi connectivity index (χ1) is 8.70. The molecule has 0 spiro atoms. The first kappa shape index (κ1) is 13.0. The minimum atomic E-state index is -0.503. The van der Waals surface area contributed by atoms with Crippen molar-refractivity contribution in [3.8, 4) is 0 Å². The second-order valence-electron chi connectivity index (χ2n) is 3.77. The summed E-state index contributed by atoms with van der Waals surface area (Å²) in [5, 5.41) is 12.7. The average molecular weight is 272 g/mol. The van der Waals surface area contributed by atoms with Crippen LogP contribution in [0.3, 0.4) is 0 Å². The Labute approximate surface area is 109 Å². The third-order valence-corrected chi connectivity index (χ3v) is 2.56. The molecule has 0 bridgehead atoms. The largest absolute Gasteiger partial charge is 0.391 e. The number of aromatic amines is 1. The number of ether oxygens (including phenoxy) is 1. The van der Waals surface area contributed by atoms with Crippen LogP contribution in [-0.2, 0) is 4.74 Å². The van der Waals surface area contributed by atoms with Crippen LogP contribution in [0.5, 0.6) is 0 Å². The zero-order chi connectivity index (χ0) is 13.0. The molecule has 0 aromatic carbocycles. The minimum absolute atomic E-state index is 0.134. The van der Waals surface area contributed by atoms with Crippen molar-refractivity contribution in [3.63, 3.8) is 0 Å². The molecule has 2 heterocycles. The molecule has 0 saturated carbocycles. The van der Waals surface area contributed by atoms with Crippen molar-refractivity contribution in [2.45, 2.75) is 12.5 Å². The van der Waals surface area contributed by atoms with E-state index in [0.29, 0.717) is 36.6 Å². The number of aliphatic hydroxyl groups excluding tert-OH is 1. The fourth-order valence-corrected chi connectivity index (χ4v) is 1.73. The van der Waals surface area contributed by atoms with Gasteiger partial charge >= 0.3 is 0 Å². The summed E-state index contributed by atoms with van der Waals surface area (Å²) in [4.78, 5) is 15.0. The third kappa shape index (κ3) is 3.06. The molecule has 3 N–H and O–H groups in total. The number of aromatic nitrogens is 4. The van der Waals surface area contributed by atoms with Crippen molar-refractivity contribution in [1.82, 2.24) is 19.9 Å². The lowest BCUT2D eigenvalue weighted by Crippen LogP contribution is -2.18. The Morgan fingerprint density at radius 2 is 2.39 bits per heavy atom. The van der Waals surface area contributed by atoms with Crippen LogP contribution < -0.4 is 5.32 Å². The van der Waals surface area contributed by atoms with Crippen LogP contribution >= 0.6 is 11.6 Å². The van der Waals surface area contributed by atoms with Crippen molar-refractivity contribution in [3.05, 3.63) is 11.6 Å². The van der Waals surface area contributed by atoms with Gasteiger partial charge in [-0.05, 0) is 18.0 Å². The standard InChI is InChI=1S/C10H14ClN5O2/c1-18-4-6(17)2-3-12-8-7-9(14-5-13-7)16-10(11)15-8/h5-6,17H,2-4H2,1H3,(H2,12,13,14,15,16). The lowest BCUT2D eigenvalue weighted by molar-refractivity contribution is 0.0615. The number of halogens is 1. The number of methoxy groups -OCH3 is 1. The maximum absolute atomic E-state index is 9.51. The Bertz CT molecular complexity index is 518. The van der Waals surface area contributed by atoms with Gasteiger partial charge in [0.25, 0.3) is 0 Å². The average Bonchev–Trinajstić information content (AvgIpc) is 2.77. The lowest BCUT2D eigenvalue weighted by atomic mass is 10.2. The maximum atomic E-state index is 9.51. The molecule has 0 aliphatic heterocycles. The molecule has 0 saturated heterocycles. The van der Waals surface area contributed by atoms with Crippen molar-refractivity contribution >= 4 is 28.6 Å². The topological polar surface area (TPSA) is 96.0 Å². The van der Waals surface area contributed by atoms with E-state index in [9.17, 15) is 5.11 Å². The Kier molecular flexibility index (Phi) is 4.29. The van der Waals surface area contributed by atoms with E-state index in [1.54, 1.807) is 7.11 Å². The molecule has 7 nitrogen and oxygen atoms in total. The van der Waals surface area contributed by atoms with Gasteiger partial charge in [-0.2, -0.15) is 9.97 Å². The Hall–Kier alpha value is -1.44. The molecule has 2 aromatic heterocycles. The van der Waals surface area contributed by atoms with Gasteiger partial charge in [0.2, 0.25) is 5.28 Å². The molecule has 0 fully saturated rings. The van der Waals surface area contributed by atoms with E-state index in [-0.39, 0.29) is 5.28 Å². The van der Waals surface area contributed by atoms with Gasteiger partial charge in [-0.15, -0.1) is 0 Å². The smallest absolute Gasteiger partial charge is 0.226 e. The van der Waals surface area contributed by atoms with Crippen LogP contribution in [0.2, 0.25) is 5.28 Å². The van der Waals surface area contributed by atoms with E-state index < -0.39 is 6.10 Å². The Balaban J connectivity index is 2.00. The quantitative estimate of drug-likeness (QED) is 0.673. The van der Waals surface area contributed by atoms with Gasteiger partial charge in [0.1, 0.15) is 5.52 Å². The van der Waals surface area contributed by atoms with Crippen molar-refractivity contribution < 1.29 is 9.84 Å². The van der Waals surface area contributed by atoms with E-state index in [4.69, 9.17) is 16.3 Å². The first-order valence-corrected chi connectivity index (χ1v) is 5.86. The summed E-state index contributed by atoms with van der Waals surface area (Å²) in [6, 6.07) is 0. The minimum Gasteiger partial charge on any atom is -0.391 e. The molecule has 0 radical (unpaired) electrons. The van der Waals surface area contributed by atoms with E-state index >= 15 is 0 Å². The van der Waals surface area contributed by atoms with E-state index in [2.05, 4.69) is 25.3 Å². The van der Waals surface area contributed by atoms with Gasteiger partial charge in [-0.1, -0.05) is 0 Å². The highest BCUT2D eigenvalue weighted by Gasteiger charge is 2.09. The van der Waals surface area contributed by atoms with Gasteiger partial charge < -0.3 is 20.1 Å². The number of hydrogen-bond acceptors (Lipinski definition) is 6. The predicted octanol–water partition coefficient (Wildman–Crippen LogP) is 0.816. The molecule has 18 heavy (non-hydrogen) atoms. The molecule has 1 unspecified atom stereocenters. The number of anilines is 1. The van der Waals surface area contributed by atoms with Crippen LogP contribution in [0.1, 0.15) is 6.42 Å². The summed E-state index contributed by atoms with van der Waals surface area (Å²) in [6.45, 7) is 0.859. The molecule has 0 aliphatic carbocycles. The SMILES string of the molecule is COCC(O)CCNc1nc(Cl)nc2nc[nH]c12. The summed E-state index contributed by atoms with van der Waals surface area (Å²) in [5.74, 6) is 0.576. The lowest BCUT2D eigenvalue weighted by Gasteiger charge is -2.10. The number of nitrogens with one attached hydrogen (secondary N) is 2. The molecule has 1 atom stereocenters. The molecular weight excluding hydrogens is 258 g/mol. The van der Waals surface area contributed by atoms with E-state index in [1.165, 1.54) is 6.33 Å². The summed E-state index contributed by atoms with van der Waals surface area (Å²) in [5.41, 5.74) is 1.20. The monoisotopic (exact) mass is 271 g/mol. The zero-order valence-corrected chi connectivity index (χ0v) is 10.6. The summed E-state index contributed by atoms with van der Waals surface area (Å²) >= 11 is 5.79. The van der Waals surface area contributed by atoms with Crippen molar-refractivity contribution in [2.75, 3.05) is 25.6 Å². The van der Waals surface area contributed by atoms with Crippen LogP contribution in [0.15, 0.2) is 6.33 Å². The Morgan fingerprint density at radius 1 is 1.56 bits per heavy atom. The number of fused-ring (bicyclic) bond motifs is 1. The molecule has 8 heteroatoms. The van der Waals surface area contributed by atoms with Crippen LogP contribution in [0, 0.1) is 0 Å². The van der Waals surface area contributed by atoms with Gasteiger partial charge in [-0.3, -0.25) is 0 Å². The second kappa shape index (κ2) is 5.94. The van der Waals surface area contributed by atoms with Gasteiger partial charge in [0, 0.05) is 13.7 Å². The number of rotatable bonds is 6. The molecule has 0 aliphatic rings. The fourth-order valence-electron chi connectivity index (χ4n) is 1.57. The first-order valence-electron chi connectivity index (χ1n) is 5.48.